The Morgan fingerprint density at radius 3 is 2.38 bits per heavy atom. The van der Waals surface area contributed by atoms with E-state index in [1.165, 1.54) is 0 Å². The Morgan fingerprint density at radius 1 is 1.38 bits per heavy atom. The second-order valence-electron chi connectivity index (χ2n) is 4.29. The molecule has 0 unspecified atom stereocenters. The molecule has 0 saturated carbocycles. The highest BCUT2D eigenvalue weighted by Gasteiger charge is 2.30. The number of rotatable bonds is 3. The average Bonchev–Trinajstić information content (AvgIpc) is 2.29. The molecule has 0 fully saturated rings. The number of amides is 1. The first-order chi connectivity index (χ1) is 7.49. The molecule has 1 N–H and O–H groups in total. The Labute approximate surface area is 96.1 Å². The molecular formula is C13H16N2O. The van der Waals surface area contributed by atoms with Crippen LogP contribution in [0.5, 0.6) is 0 Å². The van der Waals surface area contributed by atoms with Crippen LogP contribution < -0.4 is 5.32 Å². The van der Waals surface area contributed by atoms with Gasteiger partial charge in [0.2, 0.25) is 0 Å². The summed E-state index contributed by atoms with van der Waals surface area (Å²) in [5, 5.41) is 11.8. The fourth-order valence-electron chi connectivity index (χ4n) is 1.20. The van der Waals surface area contributed by atoms with Crippen LogP contribution in [0.25, 0.3) is 0 Å². The van der Waals surface area contributed by atoms with Gasteiger partial charge in [0, 0.05) is 5.56 Å². The van der Waals surface area contributed by atoms with Crippen LogP contribution in [0.2, 0.25) is 0 Å². The zero-order valence-electron chi connectivity index (χ0n) is 9.82. The van der Waals surface area contributed by atoms with Crippen LogP contribution in [-0.2, 0) is 0 Å². The lowest BCUT2D eigenvalue weighted by Crippen LogP contribution is -2.48. The Kier molecular flexibility index (Phi) is 3.68. The van der Waals surface area contributed by atoms with Crippen molar-refractivity contribution in [3.8, 4) is 6.07 Å². The molecule has 1 amide bonds. The van der Waals surface area contributed by atoms with Crippen LogP contribution >= 0.6 is 0 Å². The second-order valence-corrected chi connectivity index (χ2v) is 4.29. The predicted octanol–water partition coefficient (Wildman–Crippen LogP) is 2.35. The molecule has 0 heterocycles. The van der Waals surface area contributed by atoms with Crippen LogP contribution in [0.15, 0.2) is 30.3 Å². The Morgan fingerprint density at radius 2 is 1.94 bits per heavy atom. The van der Waals surface area contributed by atoms with Gasteiger partial charge in [0.05, 0.1) is 6.07 Å². The molecule has 0 bridgehead atoms. The summed E-state index contributed by atoms with van der Waals surface area (Å²) in [4.78, 5) is 11.9. The lowest BCUT2D eigenvalue weighted by atomic mass is 9.90. The van der Waals surface area contributed by atoms with Crippen molar-refractivity contribution in [2.24, 2.45) is 5.92 Å². The molecule has 16 heavy (non-hydrogen) atoms. The minimum Gasteiger partial charge on any atom is -0.334 e. The van der Waals surface area contributed by atoms with E-state index in [-0.39, 0.29) is 11.8 Å². The fraction of sp³-hybridized carbons (Fsp3) is 0.385. The second kappa shape index (κ2) is 4.80. The van der Waals surface area contributed by atoms with Gasteiger partial charge in [-0.2, -0.15) is 5.26 Å². The zero-order chi connectivity index (χ0) is 12.2. The fourth-order valence-corrected chi connectivity index (χ4v) is 1.20. The third-order valence-electron chi connectivity index (χ3n) is 2.80. The maximum Gasteiger partial charge on any atom is 0.252 e. The number of nitrogens with zero attached hydrogens (tertiary/aromatic N) is 1. The number of hydrogen-bond donors (Lipinski definition) is 1. The maximum absolute atomic E-state index is 11.9. The smallest absolute Gasteiger partial charge is 0.252 e. The quantitative estimate of drug-likeness (QED) is 0.843. The summed E-state index contributed by atoms with van der Waals surface area (Å²) in [6.07, 6.45) is 0. The van der Waals surface area contributed by atoms with Gasteiger partial charge in [0.15, 0.2) is 0 Å². The van der Waals surface area contributed by atoms with E-state index in [1.807, 2.05) is 19.9 Å². The lowest BCUT2D eigenvalue weighted by molar-refractivity contribution is 0.0908. The van der Waals surface area contributed by atoms with E-state index in [0.29, 0.717) is 5.56 Å². The highest BCUT2D eigenvalue weighted by molar-refractivity contribution is 5.94. The Hall–Kier alpha value is -1.82. The molecule has 0 spiro atoms. The summed E-state index contributed by atoms with van der Waals surface area (Å²) in [7, 11) is 0. The van der Waals surface area contributed by atoms with Crippen LogP contribution in [0.3, 0.4) is 0 Å². The molecule has 1 atom stereocenters. The van der Waals surface area contributed by atoms with Crippen LogP contribution in [0.1, 0.15) is 31.1 Å². The molecule has 84 valence electrons. The monoisotopic (exact) mass is 216 g/mol. The molecule has 0 saturated heterocycles. The summed E-state index contributed by atoms with van der Waals surface area (Å²) in [5.41, 5.74) is -0.253. The van der Waals surface area contributed by atoms with E-state index in [2.05, 4.69) is 11.4 Å². The van der Waals surface area contributed by atoms with E-state index < -0.39 is 5.54 Å². The largest absolute Gasteiger partial charge is 0.334 e. The highest BCUT2D eigenvalue weighted by Crippen LogP contribution is 2.16. The molecule has 0 aliphatic rings. The topological polar surface area (TPSA) is 52.9 Å². The molecular weight excluding hydrogens is 200 g/mol. The summed E-state index contributed by atoms with van der Waals surface area (Å²) in [6, 6.07) is 11.1. The predicted molar refractivity (Wildman–Crippen MR) is 62.8 cm³/mol. The van der Waals surface area contributed by atoms with Crippen LogP contribution in [-0.4, -0.2) is 11.4 Å². The molecule has 0 aliphatic heterocycles. The van der Waals surface area contributed by atoms with E-state index in [4.69, 9.17) is 5.26 Å². The third kappa shape index (κ3) is 2.60. The molecule has 0 radical (unpaired) electrons. The molecule has 3 nitrogen and oxygen atoms in total. The zero-order valence-corrected chi connectivity index (χ0v) is 9.82. The van der Waals surface area contributed by atoms with Crippen molar-refractivity contribution in [3.63, 3.8) is 0 Å². The van der Waals surface area contributed by atoms with E-state index in [9.17, 15) is 4.79 Å². The first-order valence-corrected chi connectivity index (χ1v) is 5.28. The number of carbonyl (C=O) groups excluding carboxylic acids is 1. The van der Waals surface area contributed by atoms with Gasteiger partial charge in [-0.1, -0.05) is 32.0 Å². The number of nitriles is 1. The lowest BCUT2D eigenvalue weighted by Gasteiger charge is -2.27. The molecule has 0 aromatic heterocycles. The van der Waals surface area contributed by atoms with Crippen molar-refractivity contribution in [3.05, 3.63) is 35.9 Å². The van der Waals surface area contributed by atoms with Gasteiger partial charge >= 0.3 is 0 Å². The number of benzene rings is 1. The summed E-state index contributed by atoms with van der Waals surface area (Å²) in [6.45, 7) is 5.56. The van der Waals surface area contributed by atoms with E-state index >= 15 is 0 Å². The van der Waals surface area contributed by atoms with Gasteiger partial charge in [-0.05, 0) is 25.0 Å². The molecule has 1 rings (SSSR count). The summed E-state index contributed by atoms with van der Waals surface area (Å²) >= 11 is 0. The van der Waals surface area contributed by atoms with Crippen molar-refractivity contribution >= 4 is 5.91 Å². The van der Waals surface area contributed by atoms with Crippen LogP contribution in [0.4, 0.5) is 0 Å². The molecule has 1 aromatic rings. The van der Waals surface area contributed by atoms with Gasteiger partial charge in [-0.15, -0.1) is 0 Å². The van der Waals surface area contributed by atoms with Gasteiger partial charge in [0.25, 0.3) is 5.91 Å². The van der Waals surface area contributed by atoms with Crippen LogP contribution in [0, 0.1) is 17.2 Å². The molecule has 3 heteroatoms. The number of carbonyl (C=O) groups is 1. The minimum absolute atomic E-state index is 0.0603. The number of nitrogens with one attached hydrogen (secondary N) is 1. The van der Waals surface area contributed by atoms with Gasteiger partial charge in [0.1, 0.15) is 5.54 Å². The average molecular weight is 216 g/mol. The minimum atomic E-state index is -0.826. The summed E-state index contributed by atoms with van der Waals surface area (Å²) in [5.74, 6) is -0.150. The van der Waals surface area contributed by atoms with E-state index in [1.54, 1.807) is 31.2 Å². The van der Waals surface area contributed by atoms with Gasteiger partial charge < -0.3 is 5.32 Å². The van der Waals surface area contributed by atoms with Crippen molar-refractivity contribution in [2.45, 2.75) is 26.3 Å². The SMILES string of the molecule is CC(C)[C@@](C)(C#N)NC(=O)c1ccccc1. The van der Waals surface area contributed by atoms with Gasteiger partial charge in [-0.25, -0.2) is 0 Å². The summed E-state index contributed by atoms with van der Waals surface area (Å²) < 4.78 is 0. The van der Waals surface area contributed by atoms with Gasteiger partial charge in [-0.3, -0.25) is 4.79 Å². The Bertz CT molecular complexity index is 406. The van der Waals surface area contributed by atoms with Crippen molar-refractivity contribution < 1.29 is 4.79 Å². The van der Waals surface area contributed by atoms with Crippen molar-refractivity contribution in [2.75, 3.05) is 0 Å². The maximum atomic E-state index is 11.9. The standard InChI is InChI=1S/C13H16N2O/c1-10(2)13(3,9-14)15-12(16)11-7-5-4-6-8-11/h4-8,10H,1-3H3,(H,15,16)/t13-/m1/s1. The highest BCUT2D eigenvalue weighted by atomic mass is 16.1. The first-order valence-electron chi connectivity index (χ1n) is 5.28. The van der Waals surface area contributed by atoms with Crippen molar-refractivity contribution in [1.82, 2.24) is 5.32 Å². The normalized spacial score (nSPS) is 13.9. The van der Waals surface area contributed by atoms with E-state index in [0.717, 1.165) is 0 Å². The molecule has 1 aromatic carbocycles. The Balaban J connectivity index is 2.83. The molecule has 0 aliphatic carbocycles. The van der Waals surface area contributed by atoms with Crippen molar-refractivity contribution in [1.29, 1.82) is 5.26 Å². The first kappa shape index (κ1) is 12.3. The number of hydrogen-bond acceptors (Lipinski definition) is 2. The third-order valence-corrected chi connectivity index (χ3v) is 2.80.